The number of carbonyl (C=O) groups excluding carboxylic acids is 1. The van der Waals surface area contributed by atoms with E-state index in [9.17, 15) is 4.79 Å². The first kappa shape index (κ1) is 15.7. The largest absolute Gasteiger partial charge is 0.381 e. The van der Waals surface area contributed by atoms with Crippen LogP contribution in [0.1, 0.15) is 24.8 Å². The van der Waals surface area contributed by atoms with Crippen molar-refractivity contribution in [3.8, 4) is 11.1 Å². The first-order valence-electron chi connectivity index (χ1n) is 8.15. The van der Waals surface area contributed by atoms with Gasteiger partial charge in [-0.3, -0.25) is 9.78 Å². The molecule has 0 bridgehead atoms. The fraction of sp³-hybridized carbons (Fsp3) is 0.368. The molecule has 3 rings (SSSR count). The second kappa shape index (κ2) is 7.88. The topological polar surface area (TPSA) is 51.2 Å². The summed E-state index contributed by atoms with van der Waals surface area (Å²) in [5.41, 5.74) is 3.34. The summed E-state index contributed by atoms with van der Waals surface area (Å²) in [4.78, 5) is 16.0. The van der Waals surface area contributed by atoms with Gasteiger partial charge in [-0.25, -0.2) is 0 Å². The summed E-state index contributed by atoms with van der Waals surface area (Å²) in [7, 11) is 0. The van der Waals surface area contributed by atoms with Crippen molar-refractivity contribution in [1.29, 1.82) is 0 Å². The Morgan fingerprint density at radius 2 is 2.09 bits per heavy atom. The van der Waals surface area contributed by atoms with E-state index in [-0.39, 0.29) is 5.91 Å². The van der Waals surface area contributed by atoms with Gasteiger partial charge in [0.05, 0.1) is 0 Å². The minimum Gasteiger partial charge on any atom is -0.381 e. The Hall–Kier alpha value is -2.20. The van der Waals surface area contributed by atoms with Crippen molar-refractivity contribution in [3.05, 3.63) is 54.4 Å². The molecule has 1 atom stereocenters. The molecule has 1 aliphatic rings. The number of nitrogens with one attached hydrogen (secondary N) is 1. The molecule has 0 spiro atoms. The van der Waals surface area contributed by atoms with E-state index in [1.165, 1.54) is 0 Å². The van der Waals surface area contributed by atoms with Gasteiger partial charge in [0.25, 0.3) is 0 Å². The molecule has 1 aromatic carbocycles. The van der Waals surface area contributed by atoms with Crippen LogP contribution >= 0.6 is 0 Å². The lowest BCUT2D eigenvalue weighted by Crippen LogP contribution is -2.23. The SMILES string of the molecule is O=C(CCC1CCOC1)NCc1ccc(-c2cccnc2)cc1. The maximum absolute atomic E-state index is 11.9. The summed E-state index contributed by atoms with van der Waals surface area (Å²) in [6.07, 6.45) is 6.21. The molecule has 2 heterocycles. The Bertz CT molecular complexity index is 620. The van der Waals surface area contributed by atoms with Crippen LogP contribution < -0.4 is 5.32 Å². The highest BCUT2D eigenvalue weighted by atomic mass is 16.5. The quantitative estimate of drug-likeness (QED) is 0.891. The first-order valence-corrected chi connectivity index (χ1v) is 8.15. The van der Waals surface area contributed by atoms with Crippen molar-refractivity contribution in [1.82, 2.24) is 10.3 Å². The van der Waals surface area contributed by atoms with Gasteiger partial charge in [0, 0.05) is 38.6 Å². The zero-order chi connectivity index (χ0) is 15.9. The van der Waals surface area contributed by atoms with Crippen molar-refractivity contribution in [2.45, 2.75) is 25.8 Å². The first-order chi connectivity index (χ1) is 11.3. The van der Waals surface area contributed by atoms with E-state index in [0.717, 1.165) is 42.7 Å². The van der Waals surface area contributed by atoms with E-state index in [1.807, 2.05) is 30.5 Å². The predicted molar refractivity (Wildman–Crippen MR) is 89.7 cm³/mol. The number of nitrogens with zero attached hydrogens (tertiary/aromatic N) is 1. The number of hydrogen-bond donors (Lipinski definition) is 1. The zero-order valence-electron chi connectivity index (χ0n) is 13.2. The smallest absolute Gasteiger partial charge is 0.220 e. The summed E-state index contributed by atoms with van der Waals surface area (Å²) in [6, 6.07) is 12.2. The van der Waals surface area contributed by atoms with E-state index in [4.69, 9.17) is 4.74 Å². The van der Waals surface area contributed by atoms with Crippen molar-refractivity contribution >= 4 is 5.91 Å². The molecule has 4 nitrogen and oxygen atoms in total. The third kappa shape index (κ3) is 4.63. The number of carbonyl (C=O) groups is 1. The Balaban J connectivity index is 1.45. The lowest BCUT2D eigenvalue weighted by Gasteiger charge is -2.09. The Morgan fingerprint density at radius 1 is 1.22 bits per heavy atom. The second-order valence-corrected chi connectivity index (χ2v) is 5.98. The number of ether oxygens (including phenoxy) is 1. The third-order valence-electron chi connectivity index (χ3n) is 4.24. The molecule has 2 aromatic rings. The van der Waals surface area contributed by atoms with Crippen LogP contribution in [0.15, 0.2) is 48.8 Å². The van der Waals surface area contributed by atoms with Gasteiger partial charge in [0.2, 0.25) is 5.91 Å². The molecule has 0 radical (unpaired) electrons. The van der Waals surface area contributed by atoms with Crippen molar-refractivity contribution in [2.24, 2.45) is 5.92 Å². The van der Waals surface area contributed by atoms with Gasteiger partial charge in [-0.2, -0.15) is 0 Å². The van der Waals surface area contributed by atoms with Gasteiger partial charge in [-0.1, -0.05) is 30.3 Å². The van der Waals surface area contributed by atoms with E-state index in [1.54, 1.807) is 6.20 Å². The molecule has 120 valence electrons. The molecule has 23 heavy (non-hydrogen) atoms. The van der Waals surface area contributed by atoms with Crippen LogP contribution in [0, 0.1) is 5.92 Å². The number of amides is 1. The van der Waals surface area contributed by atoms with Crippen LogP contribution in [0.5, 0.6) is 0 Å². The van der Waals surface area contributed by atoms with Gasteiger partial charge in [0.15, 0.2) is 0 Å². The fourth-order valence-electron chi connectivity index (χ4n) is 2.78. The number of rotatable bonds is 6. The van der Waals surface area contributed by atoms with E-state index in [0.29, 0.717) is 18.9 Å². The highest BCUT2D eigenvalue weighted by molar-refractivity contribution is 5.75. The van der Waals surface area contributed by atoms with Crippen LogP contribution in [0.4, 0.5) is 0 Å². The Kier molecular flexibility index (Phi) is 5.37. The van der Waals surface area contributed by atoms with Crippen LogP contribution in [0.3, 0.4) is 0 Å². The monoisotopic (exact) mass is 310 g/mol. The molecular formula is C19H22N2O2. The van der Waals surface area contributed by atoms with E-state index >= 15 is 0 Å². The predicted octanol–water partition coefficient (Wildman–Crippen LogP) is 3.18. The van der Waals surface area contributed by atoms with Gasteiger partial charge in [-0.15, -0.1) is 0 Å². The van der Waals surface area contributed by atoms with Crippen molar-refractivity contribution in [2.75, 3.05) is 13.2 Å². The summed E-state index contributed by atoms with van der Waals surface area (Å²) >= 11 is 0. The normalized spacial score (nSPS) is 17.1. The number of aromatic nitrogens is 1. The average Bonchev–Trinajstić information content (AvgIpc) is 3.13. The van der Waals surface area contributed by atoms with Gasteiger partial charge in [-0.05, 0) is 41.5 Å². The molecule has 1 aliphatic heterocycles. The van der Waals surface area contributed by atoms with Crippen LogP contribution in [0.2, 0.25) is 0 Å². The van der Waals surface area contributed by atoms with Crippen LogP contribution in [-0.4, -0.2) is 24.1 Å². The summed E-state index contributed by atoms with van der Waals surface area (Å²) in [5.74, 6) is 0.674. The average molecular weight is 310 g/mol. The molecule has 4 heteroatoms. The molecule has 1 amide bonds. The minimum absolute atomic E-state index is 0.119. The summed E-state index contributed by atoms with van der Waals surface area (Å²) < 4.78 is 5.33. The van der Waals surface area contributed by atoms with Crippen LogP contribution in [-0.2, 0) is 16.1 Å². The molecule has 0 aliphatic carbocycles. The lowest BCUT2D eigenvalue weighted by atomic mass is 10.0. The maximum atomic E-state index is 11.9. The molecule has 1 saturated heterocycles. The maximum Gasteiger partial charge on any atom is 0.220 e. The number of pyridine rings is 1. The highest BCUT2D eigenvalue weighted by Crippen LogP contribution is 2.19. The van der Waals surface area contributed by atoms with Gasteiger partial charge >= 0.3 is 0 Å². The van der Waals surface area contributed by atoms with Gasteiger partial charge in [0.1, 0.15) is 0 Å². The molecule has 1 aromatic heterocycles. The van der Waals surface area contributed by atoms with Crippen molar-refractivity contribution in [3.63, 3.8) is 0 Å². The van der Waals surface area contributed by atoms with Crippen LogP contribution in [0.25, 0.3) is 11.1 Å². The summed E-state index contributed by atoms with van der Waals surface area (Å²) in [5, 5.41) is 2.99. The minimum atomic E-state index is 0.119. The molecule has 1 N–H and O–H groups in total. The number of hydrogen-bond acceptors (Lipinski definition) is 3. The van der Waals surface area contributed by atoms with E-state index < -0.39 is 0 Å². The second-order valence-electron chi connectivity index (χ2n) is 5.98. The molecular weight excluding hydrogens is 288 g/mol. The Morgan fingerprint density at radius 3 is 2.78 bits per heavy atom. The standard InChI is InChI=1S/C19H22N2O2/c22-19(8-5-16-9-11-23-14-16)21-12-15-3-6-17(7-4-15)18-2-1-10-20-13-18/h1-4,6-7,10,13,16H,5,8-9,11-12,14H2,(H,21,22). The molecule has 1 fully saturated rings. The summed E-state index contributed by atoms with van der Waals surface area (Å²) in [6.45, 7) is 2.23. The Labute approximate surface area is 136 Å². The fourth-order valence-corrected chi connectivity index (χ4v) is 2.78. The zero-order valence-corrected chi connectivity index (χ0v) is 13.2. The molecule has 1 unspecified atom stereocenters. The third-order valence-corrected chi connectivity index (χ3v) is 4.24. The molecule has 0 saturated carbocycles. The van der Waals surface area contributed by atoms with Crippen molar-refractivity contribution < 1.29 is 9.53 Å². The van der Waals surface area contributed by atoms with Gasteiger partial charge < -0.3 is 10.1 Å². The lowest BCUT2D eigenvalue weighted by molar-refractivity contribution is -0.121. The number of benzene rings is 1. The highest BCUT2D eigenvalue weighted by Gasteiger charge is 2.16. The van der Waals surface area contributed by atoms with E-state index in [2.05, 4.69) is 22.4 Å².